The molecule has 2 aliphatic rings. The molecule has 0 bridgehead atoms. The Kier molecular flexibility index (Phi) is 4.80. The number of anilines is 2. The minimum atomic E-state index is -0.390. The van der Waals surface area contributed by atoms with E-state index in [9.17, 15) is 4.79 Å². The molecule has 5 rings (SSSR count). The summed E-state index contributed by atoms with van der Waals surface area (Å²) < 4.78 is 5.25. The first kappa shape index (κ1) is 20.1. The van der Waals surface area contributed by atoms with Crippen molar-refractivity contribution in [2.75, 3.05) is 12.4 Å². The zero-order valence-corrected chi connectivity index (χ0v) is 18.7. The second-order valence-electron chi connectivity index (χ2n) is 9.79. The van der Waals surface area contributed by atoms with Crippen LogP contribution in [-0.4, -0.2) is 13.1 Å². The van der Waals surface area contributed by atoms with Crippen LogP contribution in [0, 0.1) is 11.3 Å². The van der Waals surface area contributed by atoms with E-state index >= 15 is 0 Å². The second-order valence-corrected chi connectivity index (χ2v) is 9.79. The second kappa shape index (κ2) is 7.40. The van der Waals surface area contributed by atoms with Crippen LogP contribution in [0.3, 0.4) is 0 Å². The van der Waals surface area contributed by atoms with Crippen molar-refractivity contribution in [2.24, 2.45) is 11.3 Å². The molecule has 0 heterocycles. The van der Waals surface area contributed by atoms with Crippen LogP contribution in [0.1, 0.15) is 50.7 Å². The number of carbonyl (C=O) groups excluding carboxylic acids is 1. The standard InChI is InChI=1S/C28H31NO2/c1-27-16-7-17-28(2,26(30)31-3)25(27)15-12-20-18-21(13-14-23(20)27)29-24-11-6-9-19-8-4-5-10-22(19)24/h4-6,8-11,13-14,18,25,29H,7,12,15-17H2,1-3H3/t25?,27-,28-/m1/s1. The third kappa shape index (κ3) is 3.13. The molecule has 1 N–H and O–H groups in total. The number of rotatable bonds is 3. The van der Waals surface area contributed by atoms with Crippen LogP contribution in [0.25, 0.3) is 10.8 Å². The lowest BCUT2D eigenvalue weighted by molar-refractivity contribution is -0.161. The lowest BCUT2D eigenvalue weighted by Gasteiger charge is -2.54. The molecule has 0 amide bonds. The zero-order chi connectivity index (χ0) is 21.6. The Labute approximate surface area is 184 Å². The number of ether oxygens (including phenoxy) is 1. The van der Waals surface area contributed by atoms with E-state index < -0.39 is 0 Å². The lowest BCUT2D eigenvalue weighted by atomic mass is 9.50. The summed E-state index contributed by atoms with van der Waals surface area (Å²) in [6.07, 6.45) is 5.16. The Morgan fingerprint density at radius 3 is 2.68 bits per heavy atom. The van der Waals surface area contributed by atoms with Crippen molar-refractivity contribution in [3.63, 3.8) is 0 Å². The smallest absolute Gasteiger partial charge is 0.311 e. The molecular weight excluding hydrogens is 382 g/mol. The van der Waals surface area contributed by atoms with Crippen LogP contribution in [0.15, 0.2) is 60.7 Å². The van der Waals surface area contributed by atoms with Gasteiger partial charge in [-0.25, -0.2) is 0 Å². The van der Waals surface area contributed by atoms with Crippen molar-refractivity contribution in [2.45, 2.75) is 51.4 Å². The first-order chi connectivity index (χ1) is 15.0. The molecule has 0 aliphatic heterocycles. The van der Waals surface area contributed by atoms with E-state index in [4.69, 9.17) is 4.74 Å². The third-order valence-corrected chi connectivity index (χ3v) is 8.07. The molecule has 0 saturated heterocycles. The average molecular weight is 414 g/mol. The van der Waals surface area contributed by atoms with Gasteiger partial charge in [0.1, 0.15) is 0 Å². The van der Waals surface area contributed by atoms with Gasteiger partial charge < -0.3 is 10.1 Å². The summed E-state index contributed by atoms with van der Waals surface area (Å²) in [5.74, 6) is 0.284. The first-order valence-corrected chi connectivity index (χ1v) is 11.4. The van der Waals surface area contributed by atoms with Gasteiger partial charge >= 0.3 is 5.97 Å². The van der Waals surface area contributed by atoms with E-state index in [1.54, 1.807) is 0 Å². The van der Waals surface area contributed by atoms with E-state index in [0.717, 1.165) is 43.5 Å². The largest absolute Gasteiger partial charge is 0.469 e. The Morgan fingerprint density at radius 2 is 1.84 bits per heavy atom. The topological polar surface area (TPSA) is 38.3 Å². The molecule has 31 heavy (non-hydrogen) atoms. The number of benzene rings is 3. The van der Waals surface area contributed by atoms with Gasteiger partial charge in [0.15, 0.2) is 0 Å². The molecule has 0 radical (unpaired) electrons. The zero-order valence-electron chi connectivity index (χ0n) is 18.7. The summed E-state index contributed by atoms with van der Waals surface area (Å²) in [5.41, 5.74) is 4.73. The highest BCUT2D eigenvalue weighted by molar-refractivity contribution is 5.95. The average Bonchev–Trinajstić information content (AvgIpc) is 2.78. The molecule has 1 unspecified atom stereocenters. The summed E-state index contributed by atoms with van der Waals surface area (Å²) in [7, 11) is 1.53. The molecule has 2 aliphatic carbocycles. The van der Waals surface area contributed by atoms with Crippen LogP contribution in [0.5, 0.6) is 0 Å². The van der Waals surface area contributed by atoms with Crippen LogP contribution in [0.4, 0.5) is 11.4 Å². The number of carbonyl (C=O) groups is 1. The lowest BCUT2D eigenvalue weighted by Crippen LogP contribution is -2.52. The van der Waals surface area contributed by atoms with Crippen molar-refractivity contribution in [3.8, 4) is 0 Å². The van der Waals surface area contributed by atoms with Crippen LogP contribution < -0.4 is 5.32 Å². The van der Waals surface area contributed by atoms with E-state index in [-0.39, 0.29) is 16.8 Å². The van der Waals surface area contributed by atoms with E-state index in [1.807, 2.05) is 0 Å². The van der Waals surface area contributed by atoms with Crippen molar-refractivity contribution < 1.29 is 9.53 Å². The minimum Gasteiger partial charge on any atom is -0.469 e. The van der Waals surface area contributed by atoms with Crippen molar-refractivity contribution in [1.82, 2.24) is 0 Å². The van der Waals surface area contributed by atoms with Gasteiger partial charge in [0.25, 0.3) is 0 Å². The SMILES string of the molecule is COC(=O)[C@]1(C)CCC[C@]2(C)c3ccc(Nc4cccc5ccccc45)cc3CCC12. The monoisotopic (exact) mass is 413 g/mol. The van der Waals surface area contributed by atoms with Crippen LogP contribution in [-0.2, 0) is 21.4 Å². The number of esters is 1. The number of fused-ring (bicyclic) bond motifs is 4. The van der Waals surface area contributed by atoms with Crippen LogP contribution in [0.2, 0.25) is 0 Å². The fraction of sp³-hybridized carbons (Fsp3) is 0.393. The summed E-state index contributed by atoms with van der Waals surface area (Å²) in [4.78, 5) is 12.7. The molecule has 3 nitrogen and oxygen atoms in total. The number of methoxy groups -OCH3 is 1. The fourth-order valence-electron chi connectivity index (χ4n) is 6.54. The number of aryl methyl sites for hydroxylation is 1. The van der Waals surface area contributed by atoms with Crippen molar-refractivity contribution >= 4 is 28.1 Å². The Hall–Kier alpha value is -2.81. The first-order valence-electron chi connectivity index (χ1n) is 11.4. The highest BCUT2D eigenvalue weighted by Crippen LogP contribution is 2.57. The number of nitrogens with one attached hydrogen (secondary N) is 1. The summed E-state index contributed by atoms with van der Waals surface area (Å²) in [6, 6.07) is 21.7. The number of hydrogen-bond donors (Lipinski definition) is 1. The maximum atomic E-state index is 12.7. The van der Waals surface area contributed by atoms with Gasteiger partial charge in [-0.15, -0.1) is 0 Å². The molecule has 1 saturated carbocycles. The summed E-state index contributed by atoms with van der Waals surface area (Å²) in [6.45, 7) is 4.50. The normalized spacial score (nSPS) is 27.3. The Bertz CT molecular complexity index is 1150. The molecule has 3 aromatic carbocycles. The van der Waals surface area contributed by atoms with Gasteiger partial charge in [-0.3, -0.25) is 4.79 Å². The van der Waals surface area contributed by atoms with Gasteiger partial charge in [0.2, 0.25) is 0 Å². The molecule has 1 fully saturated rings. The Morgan fingerprint density at radius 1 is 1.03 bits per heavy atom. The molecular formula is C28H31NO2. The Balaban J connectivity index is 1.49. The molecule has 0 spiro atoms. The third-order valence-electron chi connectivity index (χ3n) is 8.07. The molecule has 3 atom stereocenters. The number of hydrogen-bond acceptors (Lipinski definition) is 3. The molecule has 160 valence electrons. The maximum Gasteiger partial charge on any atom is 0.311 e. The fourth-order valence-corrected chi connectivity index (χ4v) is 6.54. The van der Waals surface area contributed by atoms with E-state index in [2.05, 4.69) is 79.8 Å². The quantitative estimate of drug-likeness (QED) is 0.482. The van der Waals surface area contributed by atoms with Crippen molar-refractivity contribution in [1.29, 1.82) is 0 Å². The van der Waals surface area contributed by atoms with E-state index in [0.29, 0.717) is 5.92 Å². The van der Waals surface area contributed by atoms with Gasteiger partial charge in [0.05, 0.1) is 12.5 Å². The highest BCUT2D eigenvalue weighted by Gasteiger charge is 2.55. The van der Waals surface area contributed by atoms with Crippen molar-refractivity contribution in [3.05, 3.63) is 71.8 Å². The maximum absolute atomic E-state index is 12.7. The summed E-state index contributed by atoms with van der Waals surface area (Å²) >= 11 is 0. The van der Waals surface area contributed by atoms with Gasteiger partial charge in [-0.2, -0.15) is 0 Å². The molecule has 3 aromatic rings. The minimum absolute atomic E-state index is 0.0206. The predicted molar refractivity (Wildman–Crippen MR) is 127 cm³/mol. The summed E-state index contributed by atoms with van der Waals surface area (Å²) in [5, 5.41) is 6.12. The van der Waals surface area contributed by atoms with Gasteiger partial charge in [-0.05, 0) is 78.7 Å². The van der Waals surface area contributed by atoms with Crippen LogP contribution >= 0.6 is 0 Å². The molecule has 3 heteroatoms. The van der Waals surface area contributed by atoms with Gasteiger partial charge in [0, 0.05) is 16.8 Å². The van der Waals surface area contributed by atoms with E-state index in [1.165, 1.54) is 29.0 Å². The highest BCUT2D eigenvalue weighted by atomic mass is 16.5. The predicted octanol–water partition coefficient (Wildman–Crippen LogP) is 6.77. The van der Waals surface area contributed by atoms with Gasteiger partial charge in [-0.1, -0.05) is 55.8 Å². The molecule has 0 aromatic heterocycles.